The zero-order valence-electron chi connectivity index (χ0n) is 14.6. The summed E-state index contributed by atoms with van der Waals surface area (Å²) in [5.41, 5.74) is 0. The molecule has 6 nitrogen and oxygen atoms in total. The highest BCUT2D eigenvalue weighted by Gasteiger charge is 2.41. The van der Waals surface area contributed by atoms with Crippen LogP contribution in [0.4, 0.5) is 5.82 Å². The van der Waals surface area contributed by atoms with Crippen molar-refractivity contribution in [3.05, 3.63) is 24.4 Å². The van der Waals surface area contributed by atoms with Crippen LogP contribution in [0.3, 0.4) is 0 Å². The lowest BCUT2D eigenvalue weighted by atomic mass is 9.86. The lowest BCUT2D eigenvalue weighted by Gasteiger charge is -2.46. The van der Waals surface area contributed by atoms with Crippen LogP contribution in [-0.4, -0.2) is 53.4 Å². The van der Waals surface area contributed by atoms with Crippen molar-refractivity contribution in [2.24, 2.45) is 5.92 Å². The molecule has 2 aliphatic heterocycles. The molecule has 3 heterocycles. The van der Waals surface area contributed by atoms with Gasteiger partial charge in [-0.15, -0.1) is 0 Å². The highest BCUT2D eigenvalue weighted by atomic mass is 16.2. The van der Waals surface area contributed by atoms with Crippen LogP contribution < -0.4 is 10.2 Å². The van der Waals surface area contributed by atoms with E-state index in [2.05, 4.69) is 15.2 Å². The van der Waals surface area contributed by atoms with E-state index in [0.29, 0.717) is 6.54 Å². The summed E-state index contributed by atoms with van der Waals surface area (Å²) in [7, 11) is 0. The zero-order valence-corrected chi connectivity index (χ0v) is 14.6. The van der Waals surface area contributed by atoms with Crippen molar-refractivity contribution in [1.82, 2.24) is 15.2 Å². The van der Waals surface area contributed by atoms with Gasteiger partial charge >= 0.3 is 0 Å². The number of carbonyl (C=O) groups is 2. The molecule has 1 aromatic heterocycles. The Labute approximate surface area is 148 Å². The molecule has 0 aromatic carbocycles. The van der Waals surface area contributed by atoms with Crippen LogP contribution in [0.15, 0.2) is 24.4 Å². The molecule has 2 saturated heterocycles. The van der Waals surface area contributed by atoms with Crippen LogP contribution in [0, 0.1) is 5.92 Å². The third-order valence-electron chi connectivity index (χ3n) is 5.82. The van der Waals surface area contributed by atoms with Crippen LogP contribution >= 0.6 is 0 Å². The molecule has 1 aromatic rings. The van der Waals surface area contributed by atoms with Crippen molar-refractivity contribution < 1.29 is 9.59 Å². The van der Waals surface area contributed by atoms with E-state index in [1.165, 1.54) is 0 Å². The average Bonchev–Trinajstić information content (AvgIpc) is 2.67. The molecule has 25 heavy (non-hydrogen) atoms. The molecule has 3 fully saturated rings. The first-order valence-electron chi connectivity index (χ1n) is 9.48. The first-order chi connectivity index (χ1) is 12.2. The summed E-state index contributed by atoms with van der Waals surface area (Å²) in [6, 6.07) is 6.22. The summed E-state index contributed by atoms with van der Waals surface area (Å²) in [6.45, 7) is 1.86. The highest BCUT2D eigenvalue weighted by molar-refractivity contribution is 5.88. The lowest BCUT2D eigenvalue weighted by molar-refractivity contribution is -0.147. The highest BCUT2D eigenvalue weighted by Crippen LogP contribution is 2.29. The van der Waals surface area contributed by atoms with E-state index < -0.39 is 0 Å². The Morgan fingerprint density at radius 2 is 2.04 bits per heavy atom. The topological polar surface area (TPSA) is 65.5 Å². The minimum absolute atomic E-state index is 0.00566. The maximum atomic E-state index is 13.2. The Kier molecular flexibility index (Phi) is 4.59. The second-order valence-corrected chi connectivity index (χ2v) is 7.47. The zero-order chi connectivity index (χ0) is 17.2. The molecule has 6 heteroatoms. The Balaban J connectivity index is 1.48. The number of aromatic nitrogens is 1. The van der Waals surface area contributed by atoms with Gasteiger partial charge in [0.2, 0.25) is 11.8 Å². The van der Waals surface area contributed by atoms with Gasteiger partial charge in [-0.3, -0.25) is 9.59 Å². The molecular formula is C19H26N4O2. The van der Waals surface area contributed by atoms with E-state index in [1.807, 2.05) is 23.1 Å². The SMILES string of the molecule is O=C1CN(C(=O)[C@@H]2CCCN(c3ccccn3)C2)[C@@H]2CCCC[C@H]2N1. The summed E-state index contributed by atoms with van der Waals surface area (Å²) < 4.78 is 0. The van der Waals surface area contributed by atoms with Gasteiger partial charge in [0.25, 0.3) is 0 Å². The van der Waals surface area contributed by atoms with Crippen molar-refractivity contribution in [1.29, 1.82) is 0 Å². The van der Waals surface area contributed by atoms with Crippen LogP contribution in [-0.2, 0) is 9.59 Å². The first kappa shape index (κ1) is 16.4. The molecule has 134 valence electrons. The number of pyridine rings is 1. The fourth-order valence-electron chi connectivity index (χ4n) is 4.58. The molecular weight excluding hydrogens is 316 g/mol. The molecule has 1 aliphatic carbocycles. The predicted molar refractivity (Wildman–Crippen MR) is 95.1 cm³/mol. The maximum Gasteiger partial charge on any atom is 0.239 e. The number of amides is 2. The minimum Gasteiger partial charge on any atom is -0.356 e. The molecule has 0 unspecified atom stereocenters. The monoisotopic (exact) mass is 342 g/mol. The van der Waals surface area contributed by atoms with E-state index in [9.17, 15) is 9.59 Å². The Morgan fingerprint density at radius 1 is 1.16 bits per heavy atom. The summed E-state index contributed by atoms with van der Waals surface area (Å²) in [4.78, 5) is 33.8. The summed E-state index contributed by atoms with van der Waals surface area (Å²) in [6.07, 6.45) is 7.96. The Bertz CT molecular complexity index is 636. The molecule has 3 atom stereocenters. The van der Waals surface area contributed by atoms with Gasteiger partial charge in [0.15, 0.2) is 0 Å². The van der Waals surface area contributed by atoms with Gasteiger partial charge in [0.05, 0.1) is 18.5 Å². The number of nitrogens with zero attached hydrogens (tertiary/aromatic N) is 3. The van der Waals surface area contributed by atoms with Crippen LogP contribution in [0.5, 0.6) is 0 Å². The van der Waals surface area contributed by atoms with Crippen LogP contribution in [0.1, 0.15) is 38.5 Å². The lowest BCUT2D eigenvalue weighted by Crippen LogP contribution is -2.64. The number of rotatable bonds is 2. The predicted octanol–water partition coefficient (Wildman–Crippen LogP) is 1.57. The van der Waals surface area contributed by atoms with E-state index in [1.54, 1.807) is 6.20 Å². The number of anilines is 1. The number of piperidine rings is 1. The molecule has 1 saturated carbocycles. The molecule has 0 bridgehead atoms. The third kappa shape index (κ3) is 3.34. The van der Waals surface area contributed by atoms with E-state index in [4.69, 9.17) is 0 Å². The minimum atomic E-state index is -0.0377. The van der Waals surface area contributed by atoms with E-state index in [0.717, 1.165) is 50.9 Å². The molecule has 0 radical (unpaired) electrons. The Morgan fingerprint density at radius 3 is 2.88 bits per heavy atom. The largest absolute Gasteiger partial charge is 0.356 e. The molecule has 1 N–H and O–H groups in total. The van der Waals surface area contributed by atoms with Crippen molar-refractivity contribution in [2.45, 2.75) is 50.6 Å². The number of piperazine rings is 1. The maximum absolute atomic E-state index is 13.2. The van der Waals surface area contributed by atoms with Gasteiger partial charge in [-0.1, -0.05) is 18.9 Å². The molecule has 3 aliphatic rings. The second kappa shape index (κ2) is 7.02. The quantitative estimate of drug-likeness (QED) is 0.886. The summed E-state index contributed by atoms with van der Waals surface area (Å²) >= 11 is 0. The van der Waals surface area contributed by atoms with Gasteiger partial charge in [-0.2, -0.15) is 0 Å². The van der Waals surface area contributed by atoms with Gasteiger partial charge in [0.1, 0.15) is 5.82 Å². The van der Waals surface area contributed by atoms with Crippen LogP contribution in [0.25, 0.3) is 0 Å². The number of hydrogen-bond acceptors (Lipinski definition) is 4. The fraction of sp³-hybridized carbons (Fsp3) is 0.632. The summed E-state index contributed by atoms with van der Waals surface area (Å²) in [5.74, 6) is 1.05. The number of hydrogen-bond donors (Lipinski definition) is 1. The van der Waals surface area contributed by atoms with Crippen molar-refractivity contribution in [2.75, 3.05) is 24.5 Å². The Hall–Kier alpha value is -2.11. The van der Waals surface area contributed by atoms with Crippen molar-refractivity contribution in [3.8, 4) is 0 Å². The normalized spacial score (nSPS) is 29.8. The number of carbonyl (C=O) groups excluding carboxylic acids is 2. The number of nitrogens with one attached hydrogen (secondary N) is 1. The molecule has 4 rings (SSSR count). The summed E-state index contributed by atoms with van der Waals surface area (Å²) in [5, 5.41) is 3.09. The fourth-order valence-corrected chi connectivity index (χ4v) is 4.58. The second-order valence-electron chi connectivity index (χ2n) is 7.47. The van der Waals surface area contributed by atoms with Crippen molar-refractivity contribution >= 4 is 17.6 Å². The smallest absolute Gasteiger partial charge is 0.239 e. The first-order valence-corrected chi connectivity index (χ1v) is 9.48. The van der Waals surface area contributed by atoms with Crippen LogP contribution in [0.2, 0.25) is 0 Å². The third-order valence-corrected chi connectivity index (χ3v) is 5.82. The van der Waals surface area contributed by atoms with Crippen molar-refractivity contribution in [3.63, 3.8) is 0 Å². The number of fused-ring (bicyclic) bond motifs is 1. The molecule has 0 spiro atoms. The van der Waals surface area contributed by atoms with Gasteiger partial charge in [-0.25, -0.2) is 4.98 Å². The standard InChI is InChI=1S/C19H26N4O2/c24-18-13-23(16-8-2-1-7-15(16)21-18)19(25)14-6-5-11-22(12-14)17-9-3-4-10-20-17/h3-4,9-10,14-16H,1-2,5-8,11-13H2,(H,21,24)/t14-,15-,16-/m1/s1. The average molecular weight is 342 g/mol. The van der Waals surface area contributed by atoms with Gasteiger partial charge in [-0.05, 0) is 37.8 Å². The van der Waals surface area contributed by atoms with Gasteiger partial charge in [0, 0.05) is 25.3 Å². The van der Waals surface area contributed by atoms with E-state index in [-0.39, 0.29) is 36.4 Å². The van der Waals surface area contributed by atoms with Gasteiger partial charge < -0.3 is 15.1 Å². The molecule has 2 amide bonds. The van der Waals surface area contributed by atoms with E-state index >= 15 is 0 Å².